The number of methoxy groups -OCH3 is 1. The molecule has 1 aromatic heterocycles. The Morgan fingerprint density at radius 3 is 2.70 bits per heavy atom. The van der Waals surface area contributed by atoms with Gasteiger partial charge in [-0.25, -0.2) is 4.98 Å². The SMILES string of the molecule is CCCc1c(-c2ccc(C)c(C)c2OC)[nH]cnc1=S. The van der Waals surface area contributed by atoms with Crippen molar-refractivity contribution in [1.29, 1.82) is 0 Å². The molecule has 20 heavy (non-hydrogen) atoms. The van der Waals surface area contributed by atoms with Crippen LogP contribution in [0.25, 0.3) is 11.3 Å². The molecule has 4 heteroatoms. The highest BCUT2D eigenvalue weighted by molar-refractivity contribution is 7.71. The Balaban J connectivity index is 2.72. The normalized spacial score (nSPS) is 10.6. The Labute approximate surface area is 125 Å². The second-order valence-electron chi connectivity index (χ2n) is 4.90. The summed E-state index contributed by atoms with van der Waals surface area (Å²) in [6.07, 6.45) is 3.60. The first-order chi connectivity index (χ1) is 9.60. The molecule has 2 aromatic rings. The van der Waals surface area contributed by atoms with Crippen LogP contribution in [0.1, 0.15) is 30.0 Å². The molecule has 0 saturated heterocycles. The Bertz CT molecular complexity index is 677. The van der Waals surface area contributed by atoms with Gasteiger partial charge in [0.1, 0.15) is 10.4 Å². The van der Waals surface area contributed by atoms with Crippen LogP contribution in [0.2, 0.25) is 0 Å². The van der Waals surface area contributed by atoms with Gasteiger partial charge in [0.05, 0.1) is 19.1 Å². The fraction of sp³-hybridized carbons (Fsp3) is 0.375. The highest BCUT2D eigenvalue weighted by Crippen LogP contribution is 2.35. The number of aromatic nitrogens is 2. The van der Waals surface area contributed by atoms with Crippen molar-refractivity contribution in [1.82, 2.24) is 9.97 Å². The summed E-state index contributed by atoms with van der Waals surface area (Å²) in [6.45, 7) is 6.31. The molecule has 1 N–H and O–H groups in total. The molecule has 0 saturated carbocycles. The number of nitrogens with zero attached hydrogens (tertiary/aromatic N) is 1. The first kappa shape index (κ1) is 14.7. The molecule has 0 aliphatic carbocycles. The zero-order valence-corrected chi connectivity index (χ0v) is 13.2. The van der Waals surface area contributed by atoms with Crippen LogP contribution in [0.15, 0.2) is 18.5 Å². The number of rotatable bonds is 4. The summed E-state index contributed by atoms with van der Waals surface area (Å²) in [6, 6.07) is 4.20. The van der Waals surface area contributed by atoms with Crippen LogP contribution in [-0.4, -0.2) is 17.1 Å². The number of aromatic amines is 1. The van der Waals surface area contributed by atoms with Crippen molar-refractivity contribution in [2.24, 2.45) is 0 Å². The van der Waals surface area contributed by atoms with E-state index in [4.69, 9.17) is 17.0 Å². The molecule has 106 valence electrons. The van der Waals surface area contributed by atoms with E-state index in [1.165, 1.54) is 5.56 Å². The van der Waals surface area contributed by atoms with Gasteiger partial charge < -0.3 is 9.72 Å². The van der Waals surface area contributed by atoms with Crippen LogP contribution in [0.4, 0.5) is 0 Å². The van der Waals surface area contributed by atoms with Gasteiger partial charge in [-0.15, -0.1) is 0 Å². The summed E-state index contributed by atoms with van der Waals surface area (Å²) in [5.41, 5.74) is 5.53. The van der Waals surface area contributed by atoms with Gasteiger partial charge in [0.2, 0.25) is 0 Å². The summed E-state index contributed by atoms with van der Waals surface area (Å²) < 4.78 is 6.28. The Hall–Kier alpha value is -1.68. The summed E-state index contributed by atoms with van der Waals surface area (Å²) in [5, 5.41) is 0. The van der Waals surface area contributed by atoms with Crippen molar-refractivity contribution in [3.8, 4) is 17.0 Å². The van der Waals surface area contributed by atoms with E-state index >= 15 is 0 Å². The third kappa shape index (κ3) is 2.61. The van der Waals surface area contributed by atoms with Crippen molar-refractivity contribution in [3.05, 3.63) is 39.8 Å². The lowest BCUT2D eigenvalue weighted by molar-refractivity contribution is 0.412. The van der Waals surface area contributed by atoms with Gasteiger partial charge in [-0.05, 0) is 37.5 Å². The van der Waals surface area contributed by atoms with Crippen molar-refractivity contribution in [2.45, 2.75) is 33.6 Å². The molecule has 0 spiro atoms. The minimum Gasteiger partial charge on any atom is -0.496 e. The van der Waals surface area contributed by atoms with E-state index in [1.807, 2.05) is 0 Å². The van der Waals surface area contributed by atoms with Crippen molar-refractivity contribution >= 4 is 12.2 Å². The average molecular weight is 288 g/mol. The molecule has 0 aliphatic heterocycles. The predicted molar refractivity (Wildman–Crippen MR) is 84.9 cm³/mol. The monoisotopic (exact) mass is 288 g/mol. The summed E-state index contributed by atoms with van der Waals surface area (Å²) in [5.74, 6) is 0.902. The number of ether oxygens (including phenoxy) is 1. The second-order valence-corrected chi connectivity index (χ2v) is 5.29. The van der Waals surface area contributed by atoms with Crippen LogP contribution in [0, 0.1) is 18.5 Å². The van der Waals surface area contributed by atoms with E-state index in [0.29, 0.717) is 4.64 Å². The standard InChI is InChI=1S/C16H20N2OS/c1-5-6-13-14(17-9-18-16(13)20)12-8-7-10(2)11(3)15(12)19-4/h7-9H,5-6H2,1-4H3,(H,17,18,20). The van der Waals surface area contributed by atoms with Gasteiger partial charge in [-0.2, -0.15) is 0 Å². The Morgan fingerprint density at radius 2 is 2.05 bits per heavy atom. The Kier molecular flexibility index (Phi) is 4.55. The second kappa shape index (κ2) is 6.18. The molecule has 0 atom stereocenters. The van der Waals surface area contributed by atoms with E-state index < -0.39 is 0 Å². The van der Waals surface area contributed by atoms with E-state index in [1.54, 1.807) is 13.4 Å². The molecule has 0 fully saturated rings. The largest absolute Gasteiger partial charge is 0.496 e. The van der Waals surface area contributed by atoms with E-state index in [0.717, 1.165) is 41.0 Å². The minimum atomic E-state index is 0.667. The molecule has 3 nitrogen and oxygen atoms in total. The Morgan fingerprint density at radius 1 is 1.30 bits per heavy atom. The van der Waals surface area contributed by atoms with Crippen LogP contribution < -0.4 is 4.74 Å². The molecule has 0 unspecified atom stereocenters. The lowest BCUT2D eigenvalue weighted by Gasteiger charge is -2.16. The maximum atomic E-state index is 5.61. The van der Waals surface area contributed by atoms with Crippen molar-refractivity contribution in [3.63, 3.8) is 0 Å². The molecular formula is C16H20N2OS. The number of aryl methyl sites for hydroxylation is 1. The van der Waals surface area contributed by atoms with Crippen molar-refractivity contribution in [2.75, 3.05) is 7.11 Å². The molecular weight excluding hydrogens is 268 g/mol. The average Bonchev–Trinajstić information content (AvgIpc) is 2.44. The lowest BCUT2D eigenvalue weighted by atomic mass is 9.98. The highest BCUT2D eigenvalue weighted by Gasteiger charge is 2.15. The zero-order chi connectivity index (χ0) is 14.7. The fourth-order valence-corrected chi connectivity index (χ4v) is 2.66. The van der Waals surface area contributed by atoms with Gasteiger partial charge >= 0.3 is 0 Å². The third-order valence-electron chi connectivity index (χ3n) is 3.60. The molecule has 0 radical (unpaired) electrons. The van der Waals surface area contributed by atoms with E-state index in [2.05, 4.69) is 42.9 Å². The van der Waals surface area contributed by atoms with Crippen LogP contribution in [-0.2, 0) is 6.42 Å². The number of nitrogens with one attached hydrogen (secondary N) is 1. The van der Waals surface area contributed by atoms with Crippen LogP contribution >= 0.6 is 12.2 Å². The van der Waals surface area contributed by atoms with Gasteiger partial charge in [0.15, 0.2) is 0 Å². The van der Waals surface area contributed by atoms with Gasteiger partial charge in [0, 0.05) is 11.1 Å². The minimum absolute atomic E-state index is 0.667. The number of benzene rings is 1. The molecule has 0 aliphatic rings. The first-order valence-electron chi connectivity index (χ1n) is 6.81. The van der Waals surface area contributed by atoms with E-state index in [9.17, 15) is 0 Å². The maximum absolute atomic E-state index is 5.61. The van der Waals surface area contributed by atoms with Gasteiger partial charge in [-0.3, -0.25) is 0 Å². The van der Waals surface area contributed by atoms with Gasteiger partial charge in [-0.1, -0.05) is 31.6 Å². The summed E-state index contributed by atoms with van der Waals surface area (Å²) in [4.78, 5) is 7.44. The summed E-state index contributed by atoms with van der Waals surface area (Å²) >= 11 is 5.37. The molecule has 1 aromatic carbocycles. The lowest BCUT2D eigenvalue weighted by Crippen LogP contribution is -2.00. The highest BCUT2D eigenvalue weighted by atomic mass is 32.1. The topological polar surface area (TPSA) is 37.9 Å². The molecule has 1 heterocycles. The van der Waals surface area contributed by atoms with Crippen molar-refractivity contribution < 1.29 is 4.74 Å². The van der Waals surface area contributed by atoms with Crippen LogP contribution in [0.3, 0.4) is 0 Å². The zero-order valence-electron chi connectivity index (χ0n) is 12.4. The molecule has 0 bridgehead atoms. The number of hydrogen-bond acceptors (Lipinski definition) is 3. The van der Waals surface area contributed by atoms with Gasteiger partial charge in [0.25, 0.3) is 0 Å². The van der Waals surface area contributed by atoms with Crippen LogP contribution in [0.5, 0.6) is 5.75 Å². The molecule has 0 amide bonds. The first-order valence-corrected chi connectivity index (χ1v) is 7.22. The third-order valence-corrected chi connectivity index (χ3v) is 3.95. The quantitative estimate of drug-likeness (QED) is 0.848. The van der Waals surface area contributed by atoms with E-state index in [-0.39, 0.29) is 0 Å². The number of hydrogen-bond donors (Lipinski definition) is 1. The smallest absolute Gasteiger partial charge is 0.133 e. The number of H-pyrrole nitrogens is 1. The fourth-order valence-electron chi connectivity index (χ4n) is 2.40. The predicted octanol–water partition coefficient (Wildman–Crippen LogP) is 4.38. The maximum Gasteiger partial charge on any atom is 0.133 e. The molecule has 2 rings (SSSR count). The summed E-state index contributed by atoms with van der Waals surface area (Å²) in [7, 11) is 1.71.